The lowest BCUT2D eigenvalue weighted by Gasteiger charge is -2.26. The maximum Gasteiger partial charge on any atom is 0.300 e. The zero-order valence-corrected chi connectivity index (χ0v) is 20.5. The minimum absolute atomic E-state index is 0.0607. The van der Waals surface area contributed by atoms with Gasteiger partial charge < -0.3 is 14.9 Å². The number of benzene rings is 2. The van der Waals surface area contributed by atoms with Gasteiger partial charge in [0.25, 0.3) is 11.7 Å². The van der Waals surface area contributed by atoms with Crippen molar-refractivity contribution in [3.8, 4) is 11.5 Å². The summed E-state index contributed by atoms with van der Waals surface area (Å²) in [5.41, 5.74) is 1.36. The van der Waals surface area contributed by atoms with Gasteiger partial charge in [0.2, 0.25) is 0 Å². The van der Waals surface area contributed by atoms with Crippen molar-refractivity contribution in [2.75, 3.05) is 12.0 Å². The molecule has 0 spiro atoms. The molecule has 2 N–H and O–H groups in total. The molecule has 1 aliphatic rings. The van der Waals surface area contributed by atoms with Crippen LogP contribution in [0.1, 0.15) is 43.5 Å². The van der Waals surface area contributed by atoms with E-state index in [4.69, 9.17) is 16.3 Å². The molecular weight excluding hydrogens is 468 g/mol. The number of amides is 1. The van der Waals surface area contributed by atoms with Gasteiger partial charge in [0.1, 0.15) is 17.3 Å². The van der Waals surface area contributed by atoms with Crippen LogP contribution < -0.4 is 9.64 Å². The SMILES string of the molecule is COc1ccc(/C(O)=C2/C(=O)C(=O)N(c3cc(Cl)ccc3O)C2c2ccncc2)cc1C(C)(C)C. The molecule has 8 heteroatoms. The van der Waals surface area contributed by atoms with E-state index in [1.54, 1.807) is 37.4 Å². The third-order valence-corrected chi connectivity index (χ3v) is 6.18. The highest BCUT2D eigenvalue weighted by molar-refractivity contribution is 6.52. The van der Waals surface area contributed by atoms with Gasteiger partial charge in [0.05, 0.1) is 24.4 Å². The van der Waals surface area contributed by atoms with Crippen molar-refractivity contribution < 1.29 is 24.5 Å². The normalized spacial score (nSPS) is 17.6. The first-order valence-corrected chi connectivity index (χ1v) is 11.3. The van der Waals surface area contributed by atoms with Crippen LogP contribution >= 0.6 is 11.6 Å². The number of ether oxygens (including phenoxy) is 1. The lowest BCUT2D eigenvalue weighted by atomic mass is 9.84. The Morgan fingerprint density at radius 3 is 2.37 bits per heavy atom. The van der Waals surface area contributed by atoms with E-state index in [9.17, 15) is 19.8 Å². The Kier molecular flexibility index (Phi) is 6.30. The average molecular weight is 493 g/mol. The fourth-order valence-corrected chi connectivity index (χ4v) is 4.39. The number of phenolic OH excluding ortho intramolecular Hbond substituents is 1. The number of phenols is 1. The second kappa shape index (κ2) is 9.07. The van der Waals surface area contributed by atoms with Gasteiger partial charge in [-0.2, -0.15) is 0 Å². The van der Waals surface area contributed by atoms with Gasteiger partial charge in [-0.1, -0.05) is 32.4 Å². The molecule has 1 unspecified atom stereocenters. The molecule has 0 aliphatic carbocycles. The molecule has 4 rings (SSSR count). The first-order valence-electron chi connectivity index (χ1n) is 10.9. The summed E-state index contributed by atoms with van der Waals surface area (Å²) in [6.07, 6.45) is 3.05. The highest BCUT2D eigenvalue weighted by atomic mass is 35.5. The third kappa shape index (κ3) is 4.35. The molecule has 2 aromatic carbocycles. The monoisotopic (exact) mass is 492 g/mol. The molecule has 2 heterocycles. The number of pyridine rings is 1. The van der Waals surface area contributed by atoms with Crippen LogP contribution in [0.3, 0.4) is 0 Å². The first kappa shape index (κ1) is 24.3. The second-order valence-electron chi connectivity index (χ2n) is 9.25. The zero-order valence-electron chi connectivity index (χ0n) is 19.7. The third-order valence-electron chi connectivity index (χ3n) is 5.94. The maximum atomic E-state index is 13.3. The standard InChI is InChI=1S/C27H25ClN2O5/c1-27(2,3)18-13-16(5-8-21(18)35-4)24(32)22-23(15-9-11-29-12-10-15)30(26(34)25(22)33)19-14-17(28)6-7-20(19)31/h5-14,23,31-32H,1-4H3/b24-22-. The van der Waals surface area contributed by atoms with E-state index in [0.29, 0.717) is 16.9 Å². The number of nitrogens with zero attached hydrogens (tertiary/aromatic N) is 2. The van der Waals surface area contributed by atoms with Crippen LogP contribution in [0.5, 0.6) is 11.5 Å². The van der Waals surface area contributed by atoms with E-state index in [-0.39, 0.29) is 33.2 Å². The zero-order chi connectivity index (χ0) is 25.5. The number of halogens is 1. The highest BCUT2D eigenvalue weighted by Crippen LogP contribution is 2.45. The number of anilines is 1. The predicted octanol–water partition coefficient (Wildman–Crippen LogP) is 5.37. The molecule has 1 saturated heterocycles. The van der Waals surface area contributed by atoms with Crippen molar-refractivity contribution in [2.45, 2.75) is 32.2 Å². The number of aromatic nitrogens is 1. The summed E-state index contributed by atoms with van der Waals surface area (Å²) in [4.78, 5) is 31.8. The van der Waals surface area contributed by atoms with Crippen molar-refractivity contribution in [1.82, 2.24) is 4.98 Å². The quantitative estimate of drug-likeness (QED) is 0.288. The molecule has 180 valence electrons. The van der Waals surface area contributed by atoms with Gasteiger partial charge in [0, 0.05) is 28.5 Å². The number of hydrogen-bond acceptors (Lipinski definition) is 6. The van der Waals surface area contributed by atoms with Gasteiger partial charge in [-0.05, 0) is 59.5 Å². The molecule has 0 radical (unpaired) electrons. The smallest absolute Gasteiger partial charge is 0.300 e. The molecule has 1 amide bonds. The number of rotatable bonds is 4. The van der Waals surface area contributed by atoms with E-state index in [1.165, 1.54) is 30.6 Å². The summed E-state index contributed by atoms with van der Waals surface area (Å²) in [5, 5.41) is 22.2. The number of ketones is 1. The van der Waals surface area contributed by atoms with Crippen LogP contribution in [-0.2, 0) is 15.0 Å². The van der Waals surface area contributed by atoms with Gasteiger partial charge in [-0.15, -0.1) is 0 Å². The predicted molar refractivity (Wildman–Crippen MR) is 134 cm³/mol. The van der Waals surface area contributed by atoms with Crippen LogP contribution in [0.4, 0.5) is 5.69 Å². The molecule has 3 aromatic rings. The number of carbonyl (C=O) groups excluding carboxylic acids is 2. The average Bonchev–Trinajstić information content (AvgIpc) is 3.10. The molecule has 1 aliphatic heterocycles. The highest BCUT2D eigenvalue weighted by Gasteiger charge is 2.47. The lowest BCUT2D eigenvalue weighted by Crippen LogP contribution is -2.29. The number of hydrogen-bond donors (Lipinski definition) is 2. The van der Waals surface area contributed by atoms with Crippen LogP contribution in [-0.4, -0.2) is 34.0 Å². The van der Waals surface area contributed by atoms with Crippen molar-refractivity contribution in [3.63, 3.8) is 0 Å². The number of aliphatic hydroxyl groups excluding tert-OH is 1. The number of aromatic hydroxyl groups is 1. The van der Waals surface area contributed by atoms with E-state index in [0.717, 1.165) is 10.5 Å². The molecule has 1 aromatic heterocycles. The Bertz CT molecular complexity index is 1350. The van der Waals surface area contributed by atoms with Gasteiger partial charge in [-0.25, -0.2) is 0 Å². The van der Waals surface area contributed by atoms with Crippen LogP contribution in [0.15, 0.2) is 66.5 Å². The molecule has 35 heavy (non-hydrogen) atoms. The number of Topliss-reactive ketones (excluding diaryl/α,β-unsaturated/α-hetero) is 1. The van der Waals surface area contributed by atoms with E-state index in [2.05, 4.69) is 4.98 Å². The molecule has 0 saturated carbocycles. The first-order chi connectivity index (χ1) is 16.5. The van der Waals surface area contributed by atoms with Crippen molar-refractivity contribution in [1.29, 1.82) is 0 Å². The number of aliphatic hydroxyl groups is 1. The van der Waals surface area contributed by atoms with E-state index < -0.39 is 17.7 Å². The topological polar surface area (TPSA) is 100.0 Å². The Morgan fingerprint density at radius 2 is 1.74 bits per heavy atom. The fraction of sp³-hybridized carbons (Fsp3) is 0.222. The second-order valence-corrected chi connectivity index (χ2v) is 9.68. The van der Waals surface area contributed by atoms with Crippen LogP contribution in [0.2, 0.25) is 5.02 Å². The Morgan fingerprint density at radius 1 is 1.06 bits per heavy atom. The molecular formula is C27H25ClN2O5. The Balaban J connectivity index is 1.98. The summed E-state index contributed by atoms with van der Waals surface area (Å²) >= 11 is 6.14. The summed E-state index contributed by atoms with van der Waals surface area (Å²) in [6.45, 7) is 6.02. The lowest BCUT2D eigenvalue weighted by molar-refractivity contribution is -0.132. The number of carbonyl (C=O) groups is 2. The van der Waals surface area contributed by atoms with Gasteiger partial charge in [0.15, 0.2) is 0 Å². The van der Waals surface area contributed by atoms with Crippen molar-refractivity contribution in [2.24, 2.45) is 0 Å². The molecule has 7 nitrogen and oxygen atoms in total. The largest absolute Gasteiger partial charge is 0.507 e. The number of methoxy groups -OCH3 is 1. The van der Waals surface area contributed by atoms with Crippen molar-refractivity contribution >= 4 is 34.7 Å². The summed E-state index contributed by atoms with van der Waals surface area (Å²) in [7, 11) is 1.57. The Hall–Kier alpha value is -3.84. The molecule has 0 bridgehead atoms. The van der Waals surface area contributed by atoms with Gasteiger partial charge in [-0.3, -0.25) is 19.5 Å². The van der Waals surface area contributed by atoms with Gasteiger partial charge >= 0.3 is 0 Å². The van der Waals surface area contributed by atoms with Crippen molar-refractivity contribution in [3.05, 3.63) is 88.2 Å². The van der Waals surface area contributed by atoms with E-state index >= 15 is 0 Å². The fourth-order valence-electron chi connectivity index (χ4n) is 4.23. The van der Waals surface area contributed by atoms with E-state index in [1.807, 2.05) is 20.8 Å². The van der Waals surface area contributed by atoms with Crippen LogP contribution in [0.25, 0.3) is 5.76 Å². The minimum atomic E-state index is -1.01. The Labute approximate surface area is 208 Å². The molecule has 1 fully saturated rings. The van der Waals surface area contributed by atoms with Crippen LogP contribution in [0, 0.1) is 0 Å². The maximum absolute atomic E-state index is 13.3. The molecule has 1 atom stereocenters. The summed E-state index contributed by atoms with van der Waals surface area (Å²) < 4.78 is 5.49. The summed E-state index contributed by atoms with van der Waals surface area (Å²) in [6, 6.07) is 11.6. The summed E-state index contributed by atoms with van der Waals surface area (Å²) in [5.74, 6) is -1.69. The minimum Gasteiger partial charge on any atom is -0.507 e.